The molecule has 0 aromatic heterocycles. The van der Waals surface area contributed by atoms with E-state index in [-0.39, 0.29) is 18.8 Å². The highest BCUT2D eigenvalue weighted by molar-refractivity contribution is 7.89. The van der Waals surface area contributed by atoms with Gasteiger partial charge in [0.15, 0.2) is 0 Å². The van der Waals surface area contributed by atoms with Crippen molar-refractivity contribution in [3.05, 3.63) is 28.2 Å². The van der Waals surface area contributed by atoms with Gasteiger partial charge < -0.3 is 5.32 Å². The third-order valence-corrected chi connectivity index (χ3v) is 5.80. The normalized spacial score (nSPS) is 11.3. The molecule has 1 aromatic carbocycles. The van der Waals surface area contributed by atoms with Crippen LogP contribution in [-0.2, 0) is 14.8 Å². The van der Waals surface area contributed by atoms with Crippen molar-refractivity contribution in [1.29, 1.82) is 5.26 Å². The Hall–Kier alpha value is -1.33. The Kier molecular flexibility index (Phi) is 9.22. The summed E-state index contributed by atoms with van der Waals surface area (Å²) in [5.41, 5.74) is 0.335. The van der Waals surface area contributed by atoms with Gasteiger partial charge >= 0.3 is 0 Å². The molecule has 0 bridgehead atoms. The van der Waals surface area contributed by atoms with Crippen molar-refractivity contribution < 1.29 is 13.2 Å². The highest BCUT2D eigenvalue weighted by Gasteiger charge is 2.23. The quantitative estimate of drug-likeness (QED) is 0.601. The zero-order chi connectivity index (χ0) is 18.9. The number of nitriles is 1. The maximum absolute atomic E-state index is 12.4. The molecule has 0 aliphatic heterocycles. The van der Waals surface area contributed by atoms with Crippen LogP contribution in [0.3, 0.4) is 0 Å². The summed E-state index contributed by atoms with van der Waals surface area (Å²) in [6.45, 7) is 1.79. The topological polar surface area (TPSA) is 90.3 Å². The van der Waals surface area contributed by atoms with Crippen molar-refractivity contribution in [2.75, 3.05) is 24.2 Å². The van der Waals surface area contributed by atoms with Gasteiger partial charge in [-0.25, -0.2) is 8.42 Å². The van der Waals surface area contributed by atoms with Crippen LogP contribution in [0.15, 0.2) is 18.2 Å². The maximum Gasteiger partial charge on any atom is 0.239 e. The number of carbonyl (C=O) groups is 1. The van der Waals surface area contributed by atoms with Gasteiger partial charge in [-0.2, -0.15) is 9.57 Å². The van der Waals surface area contributed by atoms with Crippen LogP contribution in [0.5, 0.6) is 0 Å². The molecule has 6 nitrogen and oxygen atoms in total. The third-order valence-electron chi connectivity index (χ3n) is 3.33. The number of nitrogens with zero attached hydrogens (tertiary/aromatic N) is 2. The summed E-state index contributed by atoms with van der Waals surface area (Å²) in [6, 6.07) is 6.63. The third kappa shape index (κ3) is 7.61. The SMILES string of the molecule is CCCN(CC(=O)Nc1cc(Cl)ccc1Cl)S(=O)(=O)CCCCC#N. The van der Waals surface area contributed by atoms with Gasteiger partial charge in [0.2, 0.25) is 15.9 Å². The molecule has 0 aliphatic rings. The van der Waals surface area contributed by atoms with Gasteiger partial charge in [-0.3, -0.25) is 4.79 Å². The minimum absolute atomic E-state index is 0.0835. The lowest BCUT2D eigenvalue weighted by Crippen LogP contribution is -2.39. The molecule has 0 aliphatic carbocycles. The predicted molar refractivity (Wildman–Crippen MR) is 100 cm³/mol. The summed E-state index contributed by atoms with van der Waals surface area (Å²) >= 11 is 11.9. The van der Waals surface area contributed by atoms with Gasteiger partial charge in [-0.15, -0.1) is 0 Å². The largest absolute Gasteiger partial charge is 0.324 e. The van der Waals surface area contributed by atoms with E-state index in [2.05, 4.69) is 5.32 Å². The van der Waals surface area contributed by atoms with Crippen molar-refractivity contribution in [2.24, 2.45) is 0 Å². The van der Waals surface area contributed by atoms with Crippen LogP contribution in [0.4, 0.5) is 5.69 Å². The standard InChI is InChI=1S/C16H21Cl2N3O3S/c1-2-9-21(25(23,24)10-5-3-4-8-19)12-16(22)20-15-11-13(17)6-7-14(15)18/h6-7,11H,2-5,9-10,12H2,1H3,(H,20,22). The first kappa shape index (κ1) is 21.7. The Morgan fingerprint density at radius 1 is 1.32 bits per heavy atom. The number of nitrogens with one attached hydrogen (secondary N) is 1. The summed E-state index contributed by atoms with van der Waals surface area (Å²) in [4.78, 5) is 12.2. The molecule has 1 amide bonds. The lowest BCUT2D eigenvalue weighted by molar-refractivity contribution is -0.116. The fraction of sp³-hybridized carbons (Fsp3) is 0.500. The van der Waals surface area contributed by atoms with Gasteiger partial charge in [0.05, 0.1) is 29.1 Å². The number of rotatable bonds is 10. The highest BCUT2D eigenvalue weighted by Crippen LogP contribution is 2.25. The Labute approximate surface area is 158 Å². The van der Waals surface area contributed by atoms with Gasteiger partial charge in [0, 0.05) is 18.0 Å². The van der Waals surface area contributed by atoms with E-state index in [1.165, 1.54) is 6.07 Å². The monoisotopic (exact) mass is 405 g/mol. The number of anilines is 1. The fourth-order valence-electron chi connectivity index (χ4n) is 2.13. The first-order valence-electron chi connectivity index (χ1n) is 7.89. The lowest BCUT2D eigenvalue weighted by Gasteiger charge is -2.21. The average Bonchev–Trinajstić information content (AvgIpc) is 2.54. The molecule has 9 heteroatoms. The van der Waals surface area contributed by atoms with Crippen LogP contribution in [0.25, 0.3) is 0 Å². The molecule has 1 aromatic rings. The zero-order valence-corrected chi connectivity index (χ0v) is 16.3. The first-order chi connectivity index (χ1) is 11.8. The molecule has 138 valence electrons. The second-order valence-corrected chi connectivity index (χ2v) is 8.37. The van der Waals surface area contributed by atoms with Gasteiger partial charge in [0.1, 0.15) is 0 Å². The molecule has 25 heavy (non-hydrogen) atoms. The van der Waals surface area contributed by atoms with Crippen LogP contribution in [0, 0.1) is 11.3 Å². The number of hydrogen-bond acceptors (Lipinski definition) is 4. The van der Waals surface area contributed by atoms with Crippen LogP contribution in [0.1, 0.15) is 32.6 Å². The van der Waals surface area contributed by atoms with E-state index >= 15 is 0 Å². The smallest absolute Gasteiger partial charge is 0.239 e. The van der Waals surface area contributed by atoms with Gasteiger partial charge in [0.25, 0.3) is 0 Å². The summed E-state index contributed by atoms with van der Waals surface area (Å²) in [5.74, 6) is -0.571. The average molecular weight is 406 g/mol. The summed E-state index contributed by atoms with van der Waals surface area (Å²) in [6.07, 6.45) is 1.80. The predicted octanol–water partition coefficient (Wildman–Crippen LogP) is 3.67. The van der Waals surface area contributed by atoms with Crippen molar-refractivity contribution >= 4 is 44.8 Å². The molecule has 1 rings (SSSR count). The molecule has 0 spiro atoms. The number of carbonyl (C=O) groups excluding carboxylic acids is 1. The number of benzene rings is 1. The molecule has 0 unspecified atom stereocenters. The Morgan fingerprint density at radius 2 is 2.04 bits per heavy atom. The van der Waals surface area contributed by atoms with Crippen LogP contribution < -0.4 is 5.32 Å². The maximum atomic E-state index is 12.4. The Bertz CT molecular complexity index is 733. The molecule has 0 saturated heterocycles. The summed E-state index contributed by atoms with van der Waals surface area (Å²) in [7, 11) is -3.57. The first-order valence-corrected chi connectivity index (χ1v) is 10.3. The molecular weight excluding hydrogens is 385 g/mol. The van der Waals surface area contributed by atoms with Crippen LogP contribution >= 0.6 is 23.2 Å². The van der Waals surface area contributed by atoms with E-state index in [0.29, 0.717) is 41.4 Å². The van der Waals surface area contributed by atoms with Crippen molar-refractivity contribution in [1.82, 2.24) is 4.31 Å². The number of hydrogen-bond donors (Lipinski definition) is 1. The number of sulfonamides is 1. The minimum Gasteiger partial charge on any atom is -0.324 e. The number of halogens is 2. The van der Waals surface area contributed by atoms with Crippen molar-refractivity contribution in [2.45, 2.75) is 32.6 Å². The number of unbranched alkanes of at least 4 members (excludes halogenated alkanes) is 2. The highest BCUT2D eigenvalue weighted by atomic mass is 35.5. The van der Waals surface area contributed by atoms with Crippen molar-refractivity contribution in [3.63, 3.8) is 0 Å². The van der Waals surface area contributed by atoms with Gasteiger partial charge in [-0.05, 0) is 37.5 Å². The Morgan fingerprint density at radius 3 is 2.68 bits per heavy atom. The van der Waals surface area contributed by atoms with Crippen LogP contribution in [-0.4, -0.2) is 37.5 Å². The van der Waals surface area contributed by atoms with Gasteiger partial charge in [-0.1, -0.05) is 30.1 Å². The van der Waals surface area contributed by atoms with E-state index in [4.69, 9.17) is 28.5 Å². The minimum atomic E-state index is -3.57. The fourth-order valence-corrected chi connectivity index (χ4v) is 4.07. The second kappa shape index (κ2) is 10.6. The molecular formula is C16H21Cl2N3O3S. The number of amides is 1. The molecule has 1 N–H and O–H groups in total. The van der Waals surface area contributed by atoms with E-state index in [0.717, 1.165) is 4.31 Å². The molecule has 0 saturated carbocycles. The van der Waals surface area contributed by atoms with E-state index in [1.54, 1.807) is 12.1 Å². The molecule has 0 fully saturated rings. The summed E-state index contributed by atoms with van der Waals surface area (Å²) in [5, 5.41) is 11.8. The summed E-state index contributed by atoms with van der Waals surface area (Å²) < 4.78 is 26.0. The van der Waals surface area contributed by atoms with Crippen LogP contribution in [0.2, 0.25) is 10.0 Å². The molecule has 0 heterocycles. The lowest BCUT2D eigenvalue weighted by atomic mass is 10.3. The van der Waals surface area contributed by atoms with Crippen molar-refractivity contribution in [3.8, 4) is 6.07 Å². The molecule has 0 radical (unpaired) electrons. The van der Waals surface area contributed by atoms with E-state index in [9.17, 15) is 13.2 Å². The van der Waals surface area contributed by atoms with E-state index in [1.807, 2.05) is 13.0 Å². The zero-order valence-electron chi connectivity index (χ0n) is 14.0. The Balaban J connectivity index is 2.74. The van der Waals surface area contributed by atoms with E-state index < -0.39 is 15.9 Å². The second-order valence-electron chi connectivity index (χ2n) is 5.44. The molecule has 0 atom stereocenters.